The molecule has 146 valence electrons. The fourth-order valence-corrected chi connectivity index (χ4v) is 4.24. The van der Waals surface area contributed by atoms with Crippen LogP contribution in [0, 0.1) is 5.92 Å². The molecule has 8 nitrogen and oxygen atoms in total. The number of nitrogens with one attached hydrogen (secondary N) is 1. The zero-order chi connectivity index (χ0) is 18.8. The van der Waals surface area contributed by atoms with E-state index in [0.29, 0.717) is 5.92 Å². The molecule has 4 rings (SSSR count). The van der Waals surface area contributed by atoms with Gasteiger partial charge in [0.05, 0.1) is 18.2 Å². The maximum Gasteiger partial charge on any atom is 0.227 e. The molecule has 2 fully saturated rings. The second-order valence-corrected chi connectivity index (χ2v) is 7.87. The zero-order valence-electron chi connectivity index (χ0n) is 16.4. The van der Waals surface area contributed by atoms with Crippen LogP contribution in [-0.4, -0.2) is 50.0 Å². The quantitative estimate of drug-likeness (QED) is 0.865. The molecule has 8 heteroatoms. The molecule has 0 unspecified atom stereocenters. The molecule has 3 atom stereocenters. The van der Waals surface area contributed by atoms with Crippen molar-refractivity contribution in [1.29, 1.82) is 0 Å². The molecule has 0 radical (unpaired) electrons. The largest absolute Gasteiger partial charge is 0.376 e. The molecule has 0 amide bonds. The summed E-state index contributed by atoms with van der Waals surface area (Å²) in [6, 6.07) is 2.41. The van der Waals surface area contributed by atoms with E-state index in [1.807, 2.05) is 23.9 Å². The Hall–Kier alpha value is -2.22. The minimum absolute atomic E-state index is 0.175. The van der Waals surface area contributed by atoms with E-state index in [1.165, 1.54) is 0 Å². The highest BCUT2D eigenvalue weighted by molar-refractivity contribution is 5.44. The van der Waals surface area contributed by atoms with Crippen molar-refractivity contribution in [3.05, 3.63) is 24.4 Å². The fourth-order valence-electron chi connectivity index (χ4n) is 4.24. The van der Waals surface area contributed by atoms with E-state index in [0.717, 1.165) is 56.4 Å². The molecule has 0 bridgehead atoms. The third kappa shape index (κ3) is 3.76. The molecule has 2 aromatic heterocycles. The van der Waals surface area contributed by atoms with E-state index in [2.05, 4.69) is 39.2 Å². The second-order valence-electron chi connectivity index (χ2n) is 7.87. The van der Waals surface area contributed by atoms with Crippen molar-refractivity contribution in [1.82, 2.24) is 24.7 Å². The molecule has 0 spiro atoms. The van der Waals surface area contributed by atoms with Crippen molar-refractivity contribution in [2.45, 2.75) is 57.7 Å². The summed E-state index contributed by atoms with van der Waals surface area (Å²) in [7, 11) is 1.99. The predicted octanol–water partition coefficient (Wildman–Crippen LogP) is 2.56. The Labute approximate surface area is 160 Å². The maximum absolute atomic E-state index is 6.00. The average molecular weight is 371 g/mol. The second kappa shape index (κ2) is 7.80. The summed E-state index contributed by atoms with van der Waals surface area (Å²) < 4.78 is 7.98. The van der Waals surface area contributed by atoms with E-state index in [-0.39, 0.29) is 18.2 Å². The van der Waals surface area contributed by atoms with Crippen LogP contribution in [0.4, 0.5) is 11.8 Å². The van der Waals surface area contributed by atoms with Crippen molar-refractivity contribution in [3.63, 3.8) is 0 Å². The lowest BCUT2D eigenvalue weighted by Crippen LogP contribution is -2.43. The standard InChI is InChI=1S/C19H29N7O/c1-13(2)17-14(6-5-11-27-17)22-16-8-9-20-19(23-16)26-10-4-7-15(26)18-24-21-12-25(18)3/h8-9,12-15,17H,4-7,10-11H2,1-3H3,(H,20,22,23)/t14-,15-,17-/m0/s1. The molecular formula is C19H29N7O. The summed E-state index contributed by atoms with van der Waals surface area (Å²) in [6.07, 6.45) is 8.14. The van der Waals surface area contributed by atoms with Gasteiger partial charge in [-0.15, -0.1) is 10.2 Å². The van der Waals surface area contributed by atoms with Crippen molar-refractivity contribution in [2.75, 3.05) is 23.4 Å². The van der Waals surface area contributed by atoms with E-state index < -0.39 is 0 Å². The van der Waals surface area contributed by atoms with Gasteiger partial charge in [0, 0.05) is 26.4 Å². The van der Waals surface area contributed by atoms with Crippen LogP contribution < -0.4 is 10.2 Å². The third-order valence-electron chi connectivity index (χ3n) is 5.55. The Morgan fingerprint density at radius 1 is 1.26 bits per heavy atom. The highest BCUT2D eigenvalue weighted by Gasteiger charge is 2.32. The number of ether oxygens (including phenoxy) is 1. The summed E-state index contributed by atoms with van der Waals surface area (Å²) in [5.41, 5.74) is 0. The molecule has 2 aliphatic heterocycles. The van der Waals surface area contributed by atoms with Crippen molar-refractivity contribution >= 4 is 11.8 Å². The SMILES string of the molecule is CC(C)[C@@H]1OCCC[C@@H]1Nc1ccnc(N2CCC[C@H]2c2nncn2C)n1. The number of aromatic nitrogens is 5. The number of rotatable bonds is 5. The minimum Gasteiger partial charge on any atom is -0.376 e. The Kier molecular flexibility index (Phi) is 5.24. The molecule has 0 saturated carbocycles. The van der Waals surface area contributed by atoms with Crippen LogP contribution >= 0.6 is 0 Å². The average Bonchev–Trinajstić information content (AvgIpc) is 3.30. The normalized spacial score (nSPS) is 25.9. The third-order valence-corrected chi connectivity index (χ3v) is 5.55. The van der Waals surface area contributed by atoms with Gasteiger partial charge in [-0.1, -0.05) is 13.8 Å². The number of anilines is 2. The van der Waals surface area contributed by atoms with Crippen LogP contribution in [0.15, 0.2) is 18.6 Å². The zero-order valence-corrected chi connectivity index (χ0v) is 16.4. The molecular weight excluding hydrogens is 342 g/mol. The van der Waals surface area contributed by atoms with Crippen molar-refractivity contribution in [3.8, 4) is 0 Å². The van der Waals surface area contributed by atoms with Crippen molar-refractivity contribution in [2.24, 2.45) is 13.0 Å². The van der Waals surface area contributed by atoms with Gasteiger partial charge < -0.3 is 19.5 Å². The van der Waals surface area contributed by atoms with Gasteiger partial charge in [0.1, 0.15) is 12.1 Å². The van der Waals surface area contributed by atoms with Crippen LogP contribution in [0.25, 0.3) is 0 Å². The molecule has 1 N–H and O–H groups in total. The predicted molar refractivity (Wildman–Crippen MR) is 104 cm³/mol. The van der Waals surface area contributed by atoms with Crippen LogP contribution in [0.5, 0.6) is 0 Å². The summed E-state index contributed by atoms with van der Waals surface area (Å²) in [5.74, 6) is 3.06. The number of aryl methyl sites for hydroxylation is 1. The lowest BCUT2D eigenvalue weighted by molar-refractivity contribution is -0.0203. The van der Waals surface area contributed by atoms with E-state index in [1.54, 1.807) is 6.33 Å². The summed E-state index contributed by atoms with van der Waals surface area (Å²) in [4.78, 5) is 11.6. The Morgan fingerprint density at radius 3 is 2.93 bits per heavy atom. The van der Waals surface area contributed by atoms with Gasteiger partial charge in [-0.05, 0) is 37.7 Å². The molecule has 0 aliphatic carbocycles. The first-order valence-corrected chi connectivity index (χ1v) is 9.95. The van der Waals surface area contributed by atoms with E-state index in [9.17, 15) is 0 Å². The van der Waals surface area contributed by atoms with Crippen LogP contribution in [0.3, 0.4) is 0 Å². The molecule has 2 aromatic rings. The van der Waals surface area contributed by atoms with Gasteiger partial charge in [0.25, 0.3) is 0 Å². The topological polar surface area (TPSA) is 81.0 Å². The van der Waals surface area contributed by atoms with Crippen LogP contribution in [0.1, 0.15) is 51.4 Å². The number of nitrogens with zero attached hydrogens (tertiary/aromatic N) is 6. The van der Waals surface area contributed by atoms with Gasteiger partial charge in [0.2, 0.25) is 5.95 Å². The first-order valence-electron chi connectivity index (χ1n) is 9.95. The summed E-state index contributed by atoms with van der Waals surface area (Å²) in [6.45, 7) is 6.21. The van der Waals surface area contributed by atoms with Crippen LogP contribution in [0.2, 0.25) is 0 Å². The number of hydrogen-bond acceptors (Lipinski definition) is 7. The molecule has 4 heterocycles. The summed E-state index contributed by atoms with van der Waals surface area (Å²) >= 11 is 0. The van der Waals surface area contributed by atoms with Gasteiger partial charge in [-0.3, -0.25) is 0 Å². The highest BCUT2D eigenvalue weighted by atomic mass is 16.5. The monoisotopic (exact) mass is 371 g/mol. The highest BCUT2D eigenvalue weighted by Crippen LogP contribution is 2.33. The van der Waals surface area contributed by atoms with Crippen molar-refractivity contribution < 1.29 is 4.74 Å². The Morgan fingerprint density at radius 2 is 2.15 bits per heavy atom. The van der Waals surface area contributed by atoms with E-state index in [4.69, 9.17) is 9.72 Å². The molecule has 2 saturated heterocycles. The Bertz CT molecular complexity index is 762. The number of hydrogen-bond donors (Lipinski definition) is 1. The van der Waals surface area contributed by atoms with Gasteiger partial charge in [-0.2, -0.15) is 4.98 Å². The minimum atomic E-state index is 0.175. The fraction of sp³-hybridized carbons (Fsp3) is 0.684. The first-order chi connectivity index (χ1) is 13.1. The molecule has 27 heavy (non-hydrogen) atoms. The molecule has 2 aliphatic rings. The Balaban J connectivity index is 1.53. The molecule has 0 aromatic carbocycles. The lowest BCUT2D eigenvalue weighted by atomic mass is 9.94. The van der Waals surface area contributed by atoms with Gasteiger partial charge in [-0.25, -0.2) is 4.98 Å². The van der Waals surface area contributed by atoms with Gasteiger partial charge >= 0.3 is 0 Å². The van der Waals surface area contributed by atoms with Crippen LogP contribution in [-0.2, 0) is 11.8 Å². The van der Waals surface area contributed by atoms with E-state index >= 15 is 0 Å². The first kappa shape index (κ1) is 18.2. The lowest BCUT2D eigenvalue weighted by Gasteiger charge is -2.35. The maximum atomic E-state index is 6.00. The summed E-state index contributed by atoms with van der Waals surface area (Å²) in [5, 5.41) is 11.9. The van der Waals surface area contributed by atoms with Gasteiger partial charge in [0.15, 0.2) is 5.82 Å². The smallest absolute Gasteiger partial charge is 0.227 e.